The van der Waals surface area contributed by atoms with Gasteiger partial charge in [-0.05, 0) is 40.8 Å². The maximum atomic E-state index is 14.2. The smallest absolute Gasteiger partial charge is 0.358 e. The van der Waals surface area contributed by atoms with Gasteiger partial charge in [0.2, 0.25) is 0 Å². The molecule has 5 nitrogen and oxygen atoms in total. The van der Waals surface area contributed by atoms with E-state index in [1.807, 2.05) is 22.6 Å². The van der Waals surface area contributed by atoms with E-state index >= 15 is 0 Å². The SMILES string of the molecule is COc1c(C(=O)O)nc(-c2ccc(I)cc2F)c(F)c1N. The summed E-state index contributed by atoms with van der Waals surface area (Å²) in [4.78, 5) is 14.8. The number of aromatic nitrogens is 1. The number of anilines is 1. The summed E-state index contributed by atoms with van der Waals surface area (Å²) in [7, 11) is 1.14. The zero-order valence-electron chi connectivity index (χ0n) is 10.7. The van der Waals surface area contributed by atoms with Crippen LogP contribution >= 0.6 is 22.6 Å². The number of pyridine rings is 1. The Hall–Kier alpha value is -1.97. The molecule has 0 spiro atoms. The normalized spacial score (nSPS) is 10.5. The van der Waals surface area contributed by atoms with Gasteiger partial charge in [0.1, 0.15) is 17.2 Å². The summed E-state index contributed by atoms with van der Waals surface area (Å²) < 4.78 is 33.5. The summed E-state index contributed by atoms with van der Waals surface area (Å²) in [5.74, 6) is -3.61. The lowest BCUT2D eigenvalue weighted by Gasteiger charge is -2.12. The Morgan fingerprint density at radius 3 is 2.62 bits per heavy atom. The molecule has 0 atom stereocenters. The number of hydrogen-bond donors (Lipinski definition) is 2. The maximum absolute atomic E-state index is 14.2. The molecular formula is C13H9F2IN2O3. The summed E-state index contributed by atoms with van der Waals surface area (Å²) in [6.45, 7) is 0. The molecule has 0 aliphatic rings. The van der Waals surface area contributed by atoms with Gasteiger partial charge in [-0.15, -0.1) is 0 Å². The minimum atomic E-state index is -1.45. The number of nitrogens with two attached hydrogens (primary N) is 1. The van der Waals surface area contributed by atoms with Crippen LogP contribution in [0.5, 0.6) is 5.75 Å². The molecule has 1 heterocycles. The molecule has 1 aromatic carbocycles. The number of carbonyl (C=O) groups is 1. The van der Waals surface area contributed by atoms with Crippen LogP contribution in [0.2, 0.25) is 0 Å². The summed E-state index contributed by atoms with van der Waals surface area (Å²) in [5, 5.41) is 9.08. The molecule has 0 unspecified atom stereocenters. The molecular weight excluding hydrogens is 397 g/mol. The average molecular weight is 406 g/mol. The number of hydrogen-bond acceptors (Lipinski definition) is 4. The Morgan fingerprint density at radius 1 is 1.43 bits per heavy atom. The number of carboxylic acids is 1. The van der Waals surface area contributed by atoms with E-state index in [9.17, 15) is 13.6 Å². The summed E-state index contributed by atoms with van der Waals surface area (Å²) in [6, 6.07) is 4.03. The van der Waals surface area contributed by atoms with Crippen LogP contribution in [0.4, 0.5) is 14.5 Å². The van der Waals surface area contributed by atoms with Gasteiger partial charge >= 0.3 is 5.97 Å². The number of rotatable bonds is 3. The van der Waals surface area contributed by atoms with E-state index in [2.05, 4.69) is 4.98 Å². The van der Waals surface area contributed by atoms with Crippen LogP contribution in [0.1, 0.15) is 10.5 Å². The van der Waals surface area contributed by atoms with E-state index in [1.54, 1.807) is 6.07 Å². The lowest BCUT2D eigenvalue weighted by Crippen LogP contribution is -2.10. The van der Waals surface area contributed by atoms with Gasteiger partial charge in [0, 0.05) is 9.13 Å². The molecule has 110 valence electrons. The van der Waals surface area contributed by atoms with Gasteiger partial charge < -0.3 is 15.6 Å². The van der Waals surface area contributed by atoms with Crippen LogP contribution in [0.3, 0.4) is 0 Å². The van der Waals surface area contributed by atoms with Crippen LogP contribution in [-0.2, 0) is 0 Å². The molecule has 21 heavy (non-hydrogen) atoms. The first kappa shape index (κ1) is 15.4. The molecule has 2 rings (SSSR count). The van der Waals surface area contributed by atoms with Crippen molar-refractivity contribution in [3.63, 3.8) is 0 Å². The van der Waals surface area contributed by atoms with Crippen molar-refractivity contribution in [2.75, 3.05) is 12.8 Å². The first-order valence-electron chi connectivity index (χ1n) is 5.58. The molecule has 0 aliphatic carbocycles. The third-order valence-corrected chi connectivity index (χ3v) is 3.39. The highest BCUT2D eigenvalue weighted by Gasteiger charge is 2.25. The van der Waals surface area contributed by atoms with E-state index in [1.165, 1.54) is 12.1 Å². The fraction of sp³-hybridized carbons (Fsp3) is 0.0769. The number of halogens is 3. The average Bonchev–Trinajstić information content (AvgIpc) is 2.42. The monoisotopic (exact) mass is 406 g/mol. The third-order valence-electron chi connectivity index (χ3n) is 2.72. The first-order valence-corrected chi connectivity index (χ1v) is 6.66. The van der Waals surface area contributed by atoms with Crippen molar-refractivity contribution in [1.29, 1.82) is 0 Å². The molecule has 0 bridgehead atoms. The number of aromatic carboxylic acids is 1. The molecule has 2 aromatic rings. The van der Waals surface area contributed by atoms with Gasteiger partial charge in [-0.1, -0.05) is 0 Å². The second-order valence-corrected chi connectivity index (χ2v) is 5.24. The Bertz CT molecular complexity index is 738. The minimum Gasteiger partial charge on any atom is -0.492 e. The van der Waals surface area contributed by atoms with Crippen LogP contribution in [0.25, 0.3) is 11.3 Å². The van der Waals surface area contributed by atoms with Crippen molar-refractivity contribution < 1.29 is 23.4 Å². The van der Waals surface area contributed by atoms with Crippen molar-refractivity contribution in [1.82, 2.24) is 4.98 Å². The standard InChI is InChI=1S/C13H9F2IN2O3/c1-21-12-9(17)8(15)10(18-11(12)13(19)20)6-3-2-5(16)4-7(6)14/h2-4H,1H3,(H2,17,18)(H,19,20). The highest BCUT2D eigenvalue weighted by molar-refractivity contribution is 14.1. The summed E-state index contributed by atoms with van der Waals surface area (Å²) >= 11 is 1.89. The zero-order chi connectivity index (χ0) is 15.7. The zero-order valence-corrected chi connectivity index (χ0v) is 12.8. The Kier molecular flexibility index (Phi) is 4.26. The fourth-order valence-electron chi connectivity index (χ4n) is 1.78. The molecule has 0 radical (unpaired) electrons. The number of methoxy groups -OCH3 is 1. The molecule has 8 heteroatoms. The van der Waals surface area contributed by atoms with E-state index in [-0.39, 0.29) is 5.56 Å². The summed E-state index contributed by atoms with van der Waals surface area (Å²) in [6.07, 6.45) is 0. The number of ether oxygens (including phenoxy) is 1. The van der Waals surface area contributed by atoms with Crippen LogP contribution in [-0.4, -0.2) is 23.2 Å². The van der Waals surface area contributed by atoms with Gasteiger partial charge in [0.25, 0.3) is 0 Å². The van der Waals surface area contributed by atoms with Gasteiger partial charge in [-0.3, -0.25) is 0 Å². The molecule has 0 aliphatic heterocycles. The van der Waals surface area contributed by atoms with Crippen molar-refractivity contribution in [3.05, 3.63) is 39.1 Å². The van der Waals surface area contributed by atoms with Crippen molar-refractivity contribution in [2.45, 2.75) is 0 Å². The molecule has 3 N–H and O–H groups in total. The van der Waals surface area contributed by atoms with Crippen molar-refractivity contribution >= 4 is 34.2 Å². The number of nitrogen functional groups attached to an aromatic ring is 1. The molecule has 0 fully saturated rings. The summed E-state index contributed by atoms with van der Waals surface area (Å²) in [5.41, 5.74) is 3.76. The van der Waals surface area contributed by atoms with Crippen molar-refractivity contribution in [2.24, 2.45) is 0 Å². The van der Waals surface area contributed by atoms with E-state index in [0.29, 0.717) is 3.57 Å². The largest absolute Gasteiger partial charge is 0.492 e. The van der Waals surface area contributed by atoms with Gasteiger partial charge in [-0.25, -0.2) is 18.6 Å². The lowest BCUT2D eigenvalue weighted by atomic mass is 10.1. The number of benzene rings is 1. The van der Waals surface area contributed by atoms with E-state index in [0.717, 1.165) is 7.11 Å². The van der Waals surface area contributed by atoms with Gasteiger partial charge in [0.05, 0.1) is 7.11 Å². The Morgan fingerprint density at radius 2 is 2.10 bits per heavy atom. The first-order chi connectivity index (χ1) is 9.86. The topological polar surface area (TPSA) is 85.4 Å². The van der Waals surface area contributed by atoms with Crippen LogP contribution in [0.15, 0.2) is 18.2 Å². The van der Waals surface area contributed by atoms with Crippen LogP contribution in [0, 0.1) is 15.2 Å². The maximum Gasteiger partial charge on any atom is 0.358 e. The number of carboxylic acid groups (broad SMARTS) is 1. The Balaban J connectivity index is 2.78. The van der Waals surface area contributed by atoms with E-state index < -0.39 is 40.4 Å². The van der Waals surface area contributed by atoms with Crippen LogP contribution < -0.4 is 10.5 Å². The van der Waals surface area contributed by atoms with Crippen molar-refractivity contribution in [3.8, 4) is 17.0 Å². The minimum absolute atomic E-state index is 0.176. The highest BCUT2D eigenvalue weighted by atomic mass is 127. The second kappa shape index (κ2) is 5.80. The highest BCUT2D eigenvalue weighted by Crippen LogP contribution is 2.35. The fourth-order valence-corrected chi connectivity index (χ4v) is 2.23. The molecule has 0 amide bonds. The molecule has 0 saturated carbocycles. The third kappa shape index (κ3) is 2.75. The predicted octanol–water partition coefficient (Wildman–Crippen LogP) is 2.92. The molecule has 0 saturated heterocycles. The second-order valence-electron chi connectivity index (χ2n) is 4.00. The predicted molar refractivity (Wildman–Crippen MR) is 80.2 cm³/mol. The quantitative estimate of drug-likeness (QED) is 0.766. The molecule has 1 aromatic heterocycles. The number of nitrogens with zero attached hydrogens (tertiary/aromatic N) is 1. The van der Waals surface area contributed by atoms with Gasteiger partial charge in [0.15, 0.2) is 17.3 Å². The van der Waals surface area contributed by atoms with Gasteiger partial charge in [-0.2, -0.15) is 0 Å². The lowest BCUT2D eigenvalue weighted by molar-refractivity contribution is 0.0686. The Labute approximate surface area is 131 Å². The van der Waals surface area contributed by atoms with E-state index in [4.69, 9.17) is 15.6 Å².